The molecule has 150 valence electrons. The van der Waals surface area contributed by atoms with Gasteiger partial charge in [-0.25, -0.2) is 9.37 Å². The van der Waals surface area contributed by atoms with Crippen molar-refractivity contribution in [2.45, 2.75) is 57.0 Å². The lowest BCUT2D eigenvalue weighted by Crippen LogP contribution is -2.27. The van der Waals surface area contributed by atoms with Gasteiger partial charge < -0.3 is 15.6 Å². The van der Waals surface area contributed by atoms with Crippen molar-refractivity contribution in [3.63, 3.8) is 0 Å². The number of nitrogens with two attached hydrogens (primary N) is 1. The molecule has 2 fully saturated rings. The number of halogens is 1. The molecule has 1 atom stereocenters. The second-order valence-corrected chi connectivity index (χ2v) is 8.21. The zero-order chi connectivity index (χ0) is 20.1. The first-order valence-electron chi connectivity index (χ1n) is 10.3. The largest absolute Gasteiger partial charge is 0.368 e. The molecule has 3 N–H and O–H groups in total. The van der Waals surface area contributed by atoms with Gasteiger partial charge in [-0.1, -0.05) is 24.6 Å². The standard InChI is InChI=1S/C22H24FN5O/c1-12(26-20-17(23)11-25-22(24)27-20)18-10-14-6-3-7-16(13-4-2-5-13)19(14)21(29)28(18)15-8-9-15/h3,6-7,10-13,15H,2,4-5,8-9H2,1H3,(H3,24,25,26,27). The highest BCUT2D eigenvalue weighted by Gasteiger charge is 2.31. The fourth-order valence-electron chi connectivity index (χ4n) is 4.29. The minimum atomic E-state index is -0.570. The lowest BCUT2D eigenvalue weighted by molar-refractivity contribution is 0.422. The van der Waals surface area contributed by atoms with Crippen LogP contribution in [0.2, 0.25) is 0 Å². The lowest BCUT2D eigenvalue weighted by Gasteiger charge is -2.28. The molecule has 1 aromatic carbocycles. The number of anilines is 2. The summed E-state index contributed by atoms with van der Waals surface area (Å²) in [6.07, 6.45) is 6.56. The molecule has 2 aromatic heterocycles. The molecule has 2 heterocycles. The Hall–Kier alpha value is -2.96. The quantitative estimate of drug-likeness (QED) is 0.675. The Bertz CT molecular complexity index is 1150. The van der Waals surface area contributed by atoms with E-state index in [0.29, 0.717) is 5.92 Å². The molecule has 0 aliphatic heterocycles. The summed E-state index contributed by atoms with van der Waals surface area (Å²) in [6.45, 7) is 1.91. The van der Waals surface area contributed by atoms with Crippen molar-refractivity contribution < 1.29 is 4.39 Å². The molecule has 2 aliphatic carbocycles. The number of nitrogen functional groups attached to an aromatic ring is 1. The summed E-state index contributed by atoms with van der Waals surface area (Å²) >= 11 is 0. The third-order valence-corrected chi connectivity index (χ3v) is 6.16. The maximum absolute atomic E-state index is 14.1. The molecule has 1 unspecified atom stereocenters. The highest BCUT2D eigenvalue weighted by Crippen LogP contribution is 2.41. The molecule has 0 spiro atoms. The van der Waals surface area contributed by atoms with Gasteiger partial charge in [-0.05, 0) is 55.5 Å². The van der Waals surface area contributed by atoms with E-state index in [4.69, 9.17) is 5.73 Å². The van der Waals surface area contributed by atoms with Crippen LogP contribution in [0.15, 0.2) is 35.3 Å². The number of rotatable bonds is 5. The molecule has 7 heteroatoms. The zero-order valence-corrected chi connectivity index (χ0v) is 16.4. The summed E-state index contributed by atoms with van der Waals surface area (Å²) in [6, 6.07) is 8.09. The fraction of sp³-hybridized carbons (Fsp3) is 0.409. The van der Waals surface area contributed by atoms with Gasteiger partial charge in [-0.15, -0.1) is 0 Å². The first-order valence-corrected chi connectivity index (χ1v) is 10.3. The van der Waals surface area contributed by atoms with Gasteiger partial charge in [0.15, 0.2) is 11.6 Å². The van der Waals surface area contributed by atoms with E-state index in [-0.39, 0.29) is 29.4 Å². The van der Waals surface area contributed by atoms with Gasteiger partial charge in [0, 0.05) is 11.7 Å². The predicted molar refractivity (Wildman–Crippen MR) is 112 cm³/mol. The van der Waals surface area contributed by atoms with Crippen LogP contribution in [-0.2, 0) is 0 Å². The molecule has 0 amide bonds. The number of nitrogens with zero attached hydrogens (tertiary/aromatic N) is 3. The van der Waals surface area contributed by atoms with Crippen molar-refractivity contribution in [3.8, 4) is 0 Å². The van der Waals surface area contributed by atoms with Crippen molar-refractivity contribution in [2.75, 3.05) is 11.1 Å². The van der Waals surface area contributed by atoms with E-state index >= 15 is 0 Å². The van der Waals surface area contributed by atoms with Crippen LogP contribution in [0.3, 0.4) is 0 Å². The molecular weight excluding hydrogens is 369 g/mol. The van der Waals surface area contributed by atoms with Crippen LogP contribution in [0.5, 0.6) is 0 Å². The van der Waals surface area contributed by atoms with E-state index < -0.39 is 5.82 Å². The Labute approximate surface area is 168 Å². The van der Waals surface area contributed by atoms with E-state index in [1.165, 1.54) is 12.0 Å². The minimum Gasteiger partial charge on any atom is -0.368 e. The SMILES string of the molecule is CC(Nc1nc(N)ncc1F)c1cc2cccc(C3CCC3)c2c(=O)n1C1CC1. The van der Waals surface area contributed by atoms with Crippen LogP contribution < -0.4 is 16.6 Å². The first-order chi connectivity index (χ1) is 14.0. The number of aromatic nitrogens is 3. The number of nitrogens with one attached hydrogen (secondary N) is 1. The van der Waals surface area contributed by atoms with Crippen molar-refractivity contribution in [3.05, 3.63) is 57.9 Å². The molecule has 0 radical (unpaired) electrons. The Morgan fingerprint density at radius 1 is 1.28 bits per heavy atom. The zero-order valence-electron chi connectivity index (χ0n) is 16.4. The normalized spacial score (nSPS) is 17.9. The van der Waals surface area contributed by atoms with E-state index in [1.54, 1.807) is 0 Å². The average molecular weight is 393 g/mol. The van der Waals surface area contributed by atoms with Gasteiger partial charge in [-0.3, -0.25) is 4.79 Å². The van der Waals surface area contributed by atoms with Crippen molar-refractivity contribution in [1.82, 2.24) is 14.5 Å². The molecule has 29 heavy (non-hydrogen) atoms. The van der Waals surface area contributed by atoms with E-state index in [2.05, 4.69) is 27.4 Å². The van der Waals surface area contributed by atoms with Gasteiger partial charge in [0.05, 0.1) is 17.6 Å². The summed E-state index contributed by atoms with van der Waals surface area (Å²) in [4.78, 5) is 21.2. The molecular formula is C22H24FN5O. The molecule has 2 aliphatic rings. The second-order valence-electron chi connectivity index (χ2n) is 8.21. The van der Waals surface area contributed by atoms with Crippen LogP contribution in [0.25, 0.3) is 10.8 Å². The van der Waals surface area contributed by atoms with Crippen molar-refractivity contribution in [2.24, 2.45) is 0 Å². The van der Waals surface area contributed by atoms with Gasteiger partial charge in [0.25, 0.3) is 5.56 Å². The van der Waals surface area contributed by atoms with Crippen molar-refractivity contribution in [1.29, 1.82) is 0 Å². The molecule has 5 rings (SSSR count). The molecule has 3 aromatic rings. The fourth-order valence-corrected chi connectivity index (χ4v) is 4.29. The summed E-state index contributed by atoms with van der Waals surface area (Å²) < 4.78 is 16.0. The maximum atomic E-state index is 14.1. The molecule has 2 saturated carbocycles. The Kier molecular flexibility index (Phi) is 4.26. The topological polar surface area (TPSA) is 85.8 Å². The van der Waals surface area contributed by atoms with Gasteiger partial charge in [0.1, 0.15) is 0 Å². The molecule has 0 bridgehead atoms. The highest BCUT2D eigenvalue weighted by molar-refractivity contribution is 5.86. The third kappa shape index (κ3) is 3.14. The van der Waals surface area contributed by atoms with Crippen LogP contribution in [0.1, 0.15) is 68.3 Å². The van der Waals surface area contributed by atoms with Crippen LogP contribution >= 0.6 is 0 Å². The average Bonchev–Trinajstić information content (AvgIpc) is 3.48. The molecule has 6 nitrogen and oxygen atoms in total. The van der Waals surface area contributed by atoms with E-state index in [9.17, 15) is 9.18 Å². The van der Waals surface area contributed by atoms with Crippen LogP contribution in [0.4, 0.5) is 16.2 Å². The Balaban J connectivity index is 1.62. The van der Waals surface area contributed by atoms with E-state index in [0.717, 1.165) is 48.3 Å². The van der Waals surface area contributed by atoms with Gasteiger partial charge >= 0.3 is 0 Å². The third-order valence-electron chi connectivity index (χ3n) is 6.16. The summed E-state index contributed by atoms with van der Waals surface area (Å²) in [5.41, 5.74) is 7.69. The predicted octanol–water partition coefficient (Wildman–Crippen LogP) is 4.29. The number of benzene rings is 1. The van der Waals surface area contributed by atoms with Crippen LogP contribution in [-0.4, -0.2) is 14.5 Å². The van der Waals surface area contributed by atoms with E-state index in [1.807, 2.05) is 23.6 Å². The number of hydrogen-bond donors (Lipinski definition) is 2. The van der Waals surface area contributed by atoms with Gasteiger partial charge in [-0.2, -0.15) is 4.98 Å². The lowest BCUT2D eigenvalue weighted by atomic mass is 9.78. The summed E-state index contributed by atoms with van der Waals surface area (Å²) in [5, 5.41) is 4.87. The van der Waals surface area contributed by atoms with Gasteiger partial charge in [0.2, 0.25) is 5.95 Å². The smallest absolute Gasteiger partial charge is 0.259 e. The number of pyridine rings is 1. The number of fused-ring (bicyclic) bond motifs is 1. The highest BCUT2D eigenvalue weighted by atomic mass is 19.1. The Morgan fingerprint density at radius 2 is 2.07 bits per heavy atom. The minimum absolute atomic E-state index is 0.00401. The van der Waals surface area contributed by atoms with Crippen molar-refractivity contribution >= 4 is 22.5 Å². The summed E-state index contributed by atoms with van der Waals surface area (Å²) in [5.74, 6) is -0.0367. The second kappa shape index (κ2) is 6.83. The number of hydrogen-bond acceptors (Lipinski definition) is 5. The van der Waals surface area contributed by atoms with Crippen LogP contribution in [0, 0.1) is 5.82 Å². The Morgan fingerprint density at radius 3 is 2.76 bits per heavy atom. The monoisotopic (exact) mass is 393 g/mol. The first kappa shape index (κ1) is 18.1. The summed E-state index contributed by atoms with van der Waals surface area (Å²) in [7, 11) is 0. The maximum Gasteiger partial charge on any atom is 0.259 e. The molecule has 0 saturated heterocycles.